The minimum atomic E-state index is 0.248. The zero-order valence-electron chi connectivity index (χ0n) is 12.6. The van der Waals surface area contributed by atoms with Crippen molar-refractivity contribution in [3.05, 3.63) is 53.3 Å². The molecule has 1 heterocycles. The van der Waals surface area contributed by atoms with Gasteiger partial charge in [0.25, 0.3) is 0 Å². The van der Waals surface area contributed by atoms with Crippen molar-refractivity contribution in [2.45, 2.75) is 31.8 Å². The van der Waals surface area contributed by atoms with Crippen LogP contribution in [0.1, 0.15) is 35.6 Å². The number of rotatable bonds is 6. The topological polar surface area (TPSA) is 41.3 Å². The van der Waals surface area contributed by atoms with Crippen molar-refractivity contribution >= 4 is 0 Å². The maximum Gasteiger partial charge on any atom is 0.0534 e. The summed E-state index contributed by atoms with van der Waals surface area (Å²) in [5, 5.41) is 13.4. The lowest BCUT2D eigenvalue weighted by Gasteiger charge is -2.29. The summed E-state index contributed by atoms with van der Waals surface area (Å²) in [6.07, 6.45) is 7.16. The Morgan fingerprint density at radius 1 is 1.38 bits per heavy atom. The lowest BCUT2D eigenvalue weighted by molar-refractivity contribution is 0.166. The van der Waals surface area contributed by atoms with Gasteiger partial charge in [-0.15, -0.1) is 0 Å². The number of nitrogens with zero attached hydrogens (tertiary/aromatic N) is 3. The first-order valence-corrected chi connectivity index (χ1v) is 7.68. The second-order valence-corrected chi connectivity index (χ2v) is 5.82. The molecule has 21 heavy (non-hydrogen) atoms. The van der Waals surface area contributed by atoms with Gasteiger partial charge in [0.05, 0.1) is 6.20 Å². The summed E-state index contributed by atoms with van der Waals surface area (Å²) >= 11 is 0. The summed E-state index contributed by atoms with van der Waals surface area (Å²) in [6, 6.07) is 9.21. The van der Waals surface area contributed by atoms with Crippen LogP contribution in [0.3, 0.4) is 0 Å². The molecule has 2 aromatic rings. The number of fused-ring (bicyclic) bond motifs is 1. The van der Waals surface area contributed by atoms with Crippen molar-refractivity contribution in [2.24, 2.45) is 7.05 Å². The molecule has 1 unspecified atom stereocenters. The van der Waals surface area contributed by atoms with Crippen LogP contribution in [-0.2, 0) is 20.0 Å². The number of aromatic nitrogens is 2. The number of hydrogen-bond donors (Lipinski definition) is 1. The standard InChI is InChI=1S/C17H23N3O/c1-19-12-14(11-18-19)13-20(9-4-10-21)17-8-7-15-5-2-3-6-16(15)17/h2-3,5-6,11-12,17,21H,4,7-10,13H2,1H3. The molecule has 0 bridgehead atoms. The summed E-state index contributed by atoms with van der Waals surface area (Å²) in [6.45, 7) is 2.06. The van der Waals surface area contributed by atoms with E-state index in [9.17, 15) is 5.11 Å². The Morgan fingerprint density at radius 2 is 2.24 bits per heavy atom. The fourth-order valence-corrected chi connectivity index (χ4v) is 3.32. The summed E-state index contributed by atoms with van der Waals surface area (Å²) in [5.74, 6) is 0. The van der Waals surface area contributed by atoms with Gasteiger partial charge in [0.2, 0.25) is 0 Å². The largest absolute Gasteiger partial charge is 0.396 e. The molecule has 1 aromatic heterocycles. The van der Waals surface area contributed by atoms with Crippen molar-refractivity contribution in [1.29, 1.82) is 0 Å². The van der Waals surface area contributed by atoms with Gasteiger partial charge in [0, 0.05) is 44.5 Å². The van der Waals surface area contributed by atoms with Gasteiger partial charge in [-0.2, -0.15) is 5.10 Å². The van der Waals surface area contributed by atoms with Gasteiger partial charge in [0.1, 0.15) is 0 Å². The number of hydrogen-bond acceptors (Lipinski definition) is 3. The van der Waals surface area contributed by atoms with Crippen LogP contribution in [-0.4, -0.2) is 32.9 Å². The van der Waals surface area contributed by atoms with Crippen molar-refractivity contribution in [1.82, 2.24) is 14.7 Å². The fourth-order valence-electron chi connectivity index (χ4n) is 3.32. The zero-order valence-corrected chi connectivity index (χ0v) is 12.6. The van der Waals surface area contributed by atoms with Crippen LogP contribution in [0.5, 0.6) is 0 Å². The highest BCUT2D eigenvalue weighted by Crippen LogP contribution is 2.36. The highest BCUT2D eigenvalue weighted by molar-refractivity contribution is 5.34. The SMILES string of the molecule is Cn1cc(CN(CCCO)C2CCc3ccccc32)cn1. The highest BCUT2D eigenvalue weighted by Gasteiger charge is 2.27. The fraction of sp³-hybridized carbons (Fsp3) is 0.471. The minimum Gasteiger partial charge on any atom is -0.396 e. The monoisotopic (exact) mass is 285 g/mol. The van der Waals surface area contributed by atoms with Gasteiger partial charge >= 0.3 is 0 Å². The first-order valence-electron chi connectivity index (χ1n) is 7.68. The van der Waals surface area contributed by atoms with Crippen molar-refractivity contribution in [2.75, 3.05) is 13.2 Å². The molecule has 0 aliphatic heterocycles. The molecule has 4 nitrogen and oxygen atoms in total. The minimum absolute atomic E-state index is 0.248. The molecule has 112 valence electrons. The summed E-state index contributed by atoms with van der Waals surface area (Å²) in [5.41, 5.74) is 4.17. The lowest BCUT2D eigenvalue weighted by Crippen LogP contribution is -2.28. The second kappa shape index (κ2) is 6.41. The van der Waals surface area contributed by atoms with E-state index in [2.05, 4.69) is 40.5 Å². The Kier molecular flexibility index (Phi) is 4.36. The third-order valence-corrected chi connectivity index (χ3v) is 4.29. The lowest BCUT2D eigenvalue weighted by atomic mass is 10.1. The predicted octanol–water partition coefficient (Wildman–Crippen LogP) is 2.29. The average molecular weight is 285 g/mol. The first-order chi connectivity index (χ1) is 10.3. The van der Waals surface area contributed by atoms with Gasteiger partial charge in [-0.05, 0) is 30.4 Å². The van der Waals surface area contributed by atoms with E-state index in [1.807, 2.05) is 17.9 Å². The molecule has 1 atom stereocenters. The molecule has 3 rings (SSSR count). The van der Waals surface area contributed by atoms with Crippen LogP contribution in [0.15, 0.2) is 36.7 Å². The van der Waals surface area contributed by atoms with Gasteiger partial charge < -0.3 is 5.11 Å². The molecule has 4 heteroatoms. The van der Waals surface area contributed by atoms with Crippen LogP contribution in [0.2, 0.25) is 0 Å². The molecule has 0 radical (unpaired) electrons. The summed E-state index contributed by atoms with van der Waals surface area (Å²) in [4.78, 5) is 2.49. The molecule has 0 fully saturated rings. The van der Waals surface area contributed by atoms with E-state index in [4.69, 9.17) is 0 Å². The smallest absolute Gasteiger partial charge is 0.0534 e. The van der Waals surface area contributed by atoms with Crippen molar-refractivity contribution in [3.63, 3.8) is 0 Å². The Balaban J connectivity index is 1.79. The van der Waals surface area contributed by atoms with E-state index < -0.39 is 0 Å². The number of aliphatic hydroxyl groups is 1. The predicted molar refractivity (Wildman–Crippen MR) is 82.8 cm³/mol. The molecule has 0 saturated heterocycles. The van der Waals surface area contributed by atoms with Crippen LogP contribution in [0.25, 0.3) is 0 Å². The Bertz CT molecular complexity index is 593. The third kappa shape index (κ3) is 3.17. The van der Waals surface area contributed by atoms with Crippen LogP contribution in [0.4, 0.5) is 0 Å². The molecule has 0 saturated carbocycles. The van der Waals surface area contributed by atoms with Gasteiger partial charge in [0.15, 0.2) is 0 Å². The van der Waals surface area contributed by atoms with E-state index in [0.29, 0.717) is 6.04 Å². The normalized spacial score (nSPS) is 17.4. The second-order valence-electron chi connectivity index (χ2n) is 5.82. The highest BCUT2D eigenvalue weighted by atomic mass is 16.3. The average Bonchev–Trinajstić information content (AvgIpc) is 3.09. The maximum atomic E-state index is 9.18. The van der Waals surface area contributed by atoms with Crippen LogP contribution >= 0.6 is 0 Å². The van der Waals surface area contributed by atoms with Crippen molar-refractivity contribution < 1.29 is 5.11 Å². The summed E-state index contributed by atoms with van der Waals surface area (Å²) in [7, 11) is 1.95. The molecule has 0 spiro atoms. The molecular formula is C17H23N3O. The quantitative estimate of drug-likeness (QED) is 0.885. The van der Waals surface area contributed by atoms with E-state index >= 15 is 0 Å². The molecular weight excluding hydrogens is 262 g/mol. The van der Waals surface area contributed by atoms with Crippen LogP contribution < -0.4 is 0 Å². The van der Waals surface area contributed by atoms with Gasteiger partial charge in [-0.1, -0.05) is 24.3 Å². The van der Waals surface area contributed by atoms with Gasteiger partial charge in [-0.3, -0.25) is 9.58 Å². The third-order valence-electron chi connectivity index (χ3n) is 4.29. The van der Waals surface area contributed by atoms with Crippen molar-refractivity contribution in [3.8, 4) is 0 Å². The Morgan fingerprint density at radius 3 is 3.00 bits per heavy atom. The Labute approximate surface area is 126 Å². The van der Waals surface area contributed by atoms with E-state index in [1.54, 1.807) is 0 Å². The number of aliphatic hydroxyl groups excluding tert-OH is 1. The summed E-state index contributed by atoms with van der Waals surface area (Å²) < 4.78 is 1.85. The van der Waals surface area contributed by atoms with E-state index in [1.165, 1.54) is 23.1 Å². The van der Waals surface area contributed by atoms with Gasteiger partial charge in [-0.25, -0.2) is 0 Å². The molecule has 1 aromatic carbocycles. The number of benzene rings is 1. The van der Waals surface area contributed by atoms with Crippen LogP contribution in [0, 0.1) is 0 Å². The number of aryl methyl sites for hydroxylation is 2. The first kappa shape index (κ1) is 14.3. The Hall–Kier alpha value is -1.65. The van der Waals surface area contributed by atoms with E-state index in [-0.39, 0.29) is 6.61 Å². The van der Waals surface area contributed by atoms with E-state index in [0.717, 1.165) is 25.9 Å². The molecule has 0 amide bonds. The molecule has 1 N–H and O–H groups in total. The molecule has 1 aliphatic rings. The maximum absolute atomic E-state index is 9.18. The zero-order chi connectivity index (χ0) is 14.7. The molecule has 1 aliphatic carbocycles.